The summed E-state index contributed by atoms with van der Waals surface area (Å²) in [5.41, 5.74) is 1.99. The highest BCUT2D eigenvalue weighted by molar-refractivity contribution is 5.24. The zero-order chi connectivity index (χ0) is 17.0. The molecule has 2 N–H and O–H groups in total. The molecule has 0 saturated carbocycles. The van der Waals surface area contributed by atoms with Gasteiger partial charge in [-0.2, -0.15) is 0 Å². The molecule has 2 rings (SSSR count). The predicted molar refractivity (Wildman–Crippen MR) is 98.2 cm³/mol. The second-order valence-electron chi connectivity index (χ2n) is 6.02. The van der Waals surface area contributed by atoms with E-state index in [4.69, 9.17) is 0 Å². The second-order valence-corrected chi connectivity index (χ2v) is 6.02. The molecule has 0 bridgehead atoms. The Morgan fingerprint density at radius 1 is 0.667 bits per heavy atom. The number of nitrogens with one attached hydrogen (secondary N) is 2. The van der Waals surface area contributed by atoms with Crippen LogP contribution in [-0.4, -0.2) is 33.0 Å². The maximum atomic E-state index is 4.33. The van der Waals surface area contributed by atoms with Crippen molar-refractivity contribution in [2.75, 3.05) is 23.7 Å². The van der Waals surface area contributed by atoms with Gasteiger partial charge < -0.3 is 10.6 Å². The summed E-state index contributed by atoms with van der Waals surface area (Å²) in [5.74, 6) is 1.47. The third-order valence-corrected chi connectivity index (χ3v) is 3.76. The molecule has 24 heavy (non-hydrogen) atoms. The van der Waals surface area contributed by atoms with Crippen molar-refractivity contribution in [2.45, 2.75) is 52.4 Å². The average Bonchev–Trinajstić information content (AvgIpc) is 2.57. The Bertz CT molecular complexity index is 548. The third-order valence-electron chi connectivity index (χ3n) is 3.76. The van der Waals surface area contributed by atoms with E-state index in [0.717, 1.165) is 49.2 Å². The Morgan fingerprint density at radius 3 is 1.50 bits per heavy atom. The summed E-state index contributed by atoms with van der Waals surface area (Å²) in [4.78, 5) is 17.1. The number of unbranched alkanes of at least 4 members (excludes halogenated alkanes) is 5. The fourth-order valence-electron chi connectivity index (χ4n) is 2.43. The number of rotatable bonds is 11. The highest BCUT2D eigenvalue weighted by atomic mass is 15.1. The summed E-state index contributed by atoms with van der Waals surface area (Å²) in [7, 11) is 0. The number of hydrogen-bond donors (Lipinski definition) is 2. The van der Waals surface area contributed by atoms with Crippen molar-refractivity contribution in [3.05, 3.63) is 35.9 Å². The molecule has 2 aromatic rings. The van der Waals surface area contributed by atoms with Gasteiger partial charge in [0.15, 0.2) is 0 Å². The van der Waals surface area contributed by atoms with Crippen molar-refractivity contribution in [1.82, 2.24) is 19.9 Å². The molecule has 0 amide bonds. The molecule has 0 radical (unpaired) electrons. The molecular weight excluding hydrogens is 300 g/mol. The van der Waals surface area contributed by atoms with Crippen molar-refractivity contribution in [1.29, 1.82) is 0 Å². The first kappa shape index (κ1) is 18.1. The molecule has 6 nitrogen and oxygen atoms in total. The molecule has 6 heteroatoms. The van der Waals surface area contributed by atoms with Crippen LogP contribution in [0.5, 0.6) is 0 Å². The van der Waals surface area contributed by atoms with Gasteiger partial charge >= 0.3 is 0 Å². The summed E-state index contributed by atoms with van der Waals surface area (Å²) < 4.78 is 0. The van der Waals surface area contributed by atoms with E-state index in [1.165, 1.54) is 25.7 Å². The van der Waals surface area contributed by atoms with Gasteiger partial charge in [-0.05, 0) is 38.8 Å². The Labute approximate surface area is 144 Å². The van der Waals surface area contributed by atoms with Crippen molar-refractivity contribution in [3.63, 3.8) is 0 Å². The van der Waals surface area contributed by atoms with Crippen LogP contribution in [0.15, 0.2) is 24.5 Å². The Kier molecular flexibility index (Phi) is 7.93. The summed E-state index contributed by atoms with van der Waals surface area (Å²) >= 11 is 0. The van der Waals surface area contributed by atoms with E-state index < -0.39 is 0 Å². The van der Waals surface area contributed by atoms with Gasteiger partial charge in [0.05, 0.1) is 0 Å². The number of aromatic nitrogens is 4. The SMILES string of the molecule is Cc1ccnc(NCCCCCCCCNc2nccc(C)n2)n1. The van der Waals surface area contributed by atoms with Gasteiger partial charge in [-0.15, -0.1) is 0 Å². The van der Waals surface area contributed by atoms with Crippen LogP contribution in [0.1, 0.15) is 49.9 Å². The van der Waals surface area contributed by atoms with Gasteiger partial charge in [0.25, 0.3) is 0 Å². The minimum absolute atomic E-state index is 0.736. The Hall–Kier alpha value is -2.24. The van der Waals surface area contributed by atoms with Crippen molar-refractivity contribution in [2.24, 2.45) is 0 Å². The lowest BCUT2D eigenvalue weighted by Gasteiger charge is -2.06. The van der Waals surface area contributed by atoms with Crippen LogP contribution in [0.4, 0.5) is 11.9 Å². The molecule has 2 heterocycles. The van der Waals surface area contributed by atoms with Crippen molar-refractivity contribution in [3.8, 4) is 0 Å². The van der Waals surface area contributed by atoms with Crippen LogP contribution in [-0.2, 0) is 0 Å². The monoisotopic (exact) mass is 328 g/mol. The summed E-state index contributed by atoms with van der Waals surface area (Å²) in [6.07, 6.45) is 10.9. The zero-order valence-electron chi connectivity index (χ0n) is 14.8. The lowest BCUT2D eigenvalue weighted by atomic mass is 10.1. The van der Waals surface area contributed by atoms with Gasteiger partial charge in [-0.3, -0.25) is 0 Å². The van der Waals surface area contributed by atoms with Crippen LogP contribution < -0.4 is 10.6 Å². The van der Waals surface area contributed by atoms with Gasteiger partial charge in [-0.25, -0.2) is 19.9 Å². The average molecular weight is 328 g/mol. The molecule has 0 saturated heterocycles. The third kappa shape index (κ3) is 7.35. The minimum Gasteiger partial charge on any atom is -0.354 e. The standard InChI is InChI=1S/C18H28N6/c1-15-9-13-21-17(23-15)19-11-7-5-3-4-6-8-12-20-18-22-14-10-16(2)24-18/h9-10,13-14H,3-8,11-12H2,1-2H3,(H,19,21,23)(H,20,22,24). The van der Waals surface area contributed by atoms with Crippen LogP contribution in [0, 0.1) is 13.8 Å². The number of aryl methyl sites for hydroxylation is 2. The van der Waals surface area contributed by atoms with E-state index in [1.54, 1.807) is 12.4 Å². The lowest BCUT2D eigenvalue weighted by Crippen LogP contribution is -2.06. The molecule has 0 atom stereocenters. The topological polar surface area (TPSA) is 75.6 Å². The number of hydrogen-bond acceptors (Lipinski definition) is 6. The molecule has 0 aliphatic carbocycles. The summed E-state index contributed by atoms with van der Waals surface area (Å²) in [5, 5.41) is 6.55. The van der Waals surface area contributed by atoms with Crippen LogP contribution in [0.2, 0.25) is 0 Å². The predicted octanol–water partition coefficient (Wildman–Crippen LogP) is 3.75. The lowest BCUT2D eigenvalue weighted by molar-refractivity contribution is 0.609. The van der Waals surface area contributed by atoms with E-state index in [9.17, 15) is 0 Å². The van der Waals surface area contributed by atoms with E-state index in [-0.39, 0.29) is 0 Å². The Balaban J connectivity index is 1.42. The Morgan fingerprint density at radius 2 is 1.08 bits per heavy atom. The fraction of sp³-hybridized carbons (Fsp3) is 0.556. The van der Waals surface area contributed by atoms with Gasteiger partial charge in [0.2, 0.25) is 11.9 Å². The normalized spacial score (nSPS) is 10.6. The second kappa shape index (κ2) is 10.5. The first-order chi connectivity index (χ1) is 11.7. The first-order valence-electron chi connectivity index (χ1n) is 8.81. The largest absolute Gasteiger partial charge is 0.354 e. The van der Waals surface area contributed by atoms with Gasteiger partial charge in [0, 0.05) is 36.9 Å². The molecule has 0 aliphatic rings. The molecule has 0 aliphatic heterocycles. The summed E-state index contributed by atoms with van der Waals surface area (Å²) in [6, 6.07) is 3.82. The molecule has 0 unspecified atom stereocenters. The zero-order valence-corrected chi connectivity index (χ0v) is 14.8. The first-order valence-corrected chi connectivity index (χ1v) is 8.81. The quantitative estimate of drug-likeness (QED) is 0.612. The van der Waals surface area contributed by atoms with E-state index >= 15 is 0 Å². The van der Waals surface area contributed by atoms with Crippen LogP contribution in [0.3, 0.4) is 0 Å². The van der Waals surface area contributed by atoms with E-state index in [1.807, 2.05) is 26.0 Å². The van der Waals surface area contributed by atoms with Crippen molar-refractivity contribution >= 4 is 11.9 Å². The highest BCUT2D eigenvalue weighted by Gasteiger charge is 1.97. The minimum atomic E-state index is 0.736. The molecule has 2 aromatic heterocycles. The molecular formula is C18H28N6. The van der Waals surface area contributed by atoms with Crippen LogP contribution in [0.25, 0.3) is 0 Å². The van der Waals surface area contributed by atoms with Gasteiger partial charge in [0.1, 0.15) is 0 Å². The smallest absolute Gasteiger partial charge is 0.222 e. The highest BCUT2D eigenvalue weighted by Crippen LogP contribution is 2.07. The molecule has 0 aromatic carbocycles. The van der Waals surface area contributed by atoms with Gasteiger partial charge in [-0.1, -0.05) is 25.7 Å². The molecule has 0 fully saturated rings. The van der Waals surface area contributed by atoms with Crippen molar-refractivity contribution < 1.29 is 0 Å². The van der Waals surface area contributed by atoms with E-state index in [2.05, 4.69) is 30.6 Å². The maximum absolute atomic E-state index is 4.33. The number of anilines is 2. The molecule has 0 spiro atoms. The fourth-order valence-corrected chi connectivity index (χ4v) is 2.43. The maximum Gasteiger partial charge on any atom is 0.222 e. The number of nitrogens with zero attached hydrogens (tertiary/aromatic N) is 4. The van der Waals surface area contributed by atoms with E-state index in [0.29, 0.717) is 0 Å². The summed E-state index contributed by atoms with van der Waals surface area (Å²) in [6.45, 7) is 5.84. The van der Waals surface area contributed by atoms with Crippen LogP contribution >= 0.6 is 0 Å². The molecule has 130 valence electrons.